The van der Waals surface area contributed by atoms with E-state index in [2.05, 4.69) is 10.6 Å². The first-order chi connectivity index (χ1) is 14.0. The smallest absolute Gasteiger partial charge is 0.259 e. The van der Waals surface area contributed by atoms with E-state index < -0.39 is 0 Å². The number of fused-ring (bicyclic) bond motifs is 1. The van der Waals surface area contributed by atoms with Gasteiger partial charge in [-0.1, -0.05) is 24.3 Å². The summed E-state index contributed by atoms with van der Waals surface area (Å²) in [6.07, 6.45) is 0. The van der Waals surface area contributed by atoms with Gasteiger partial charge in [-0.25, -0.2) is 0 Å². The molecule has 150 valence electrons. The Balaban J connectivity index is 1.86. The second-order valence-electron chi connectivity index (χ2n) is 6.89. The second kappa shape index (κ2) is 9.10. The highest BCUT2D eigenvalue weighted by Gasteiger charge is 2.16. The van der Waals surface area contributed by atoms with Crippen LogP contribution in [0.4, 0.5) is 5.69 Å². The molecule has 0 heterocycles. The molecule has 0 atom stereocenters. The summed E-state index contributed by atoms with van der Waals surface area (Å²) in [5.74, 6) is 0.498. The van der Waals surface area contributed by atoms with E-state index in [0.717, 1.165) is 10.8 Å². The molecule has 0 aliphatic rings. The van der Waals surface area contributed by atoms with Crippen LogP contribution in [0, 0.1) is 0 Å². The molecule has 0 fully saturated rings. The molecule has 0 radical (unpaired) electrons. The van der Waals surface area contributed by atoms with Crippen molar-refractivity contribution in [3.63, 3.8) is 0 Å². The summed E-state index contributed by atoms with van der Waals surface area (Å²) in [6.45, 7) is 3.59. The minimum atomic E-state index is -0.319. The Hall–Kier alpha value is -3.54. The molecule has 0 saturated carbocycles. The van der Waals surface area contributed by atoms with Crippen molar-refractivity contribution >= 4 is 28.3 Å². The summed E-state index contributed by atoms with van der Waals surface area (Å²) in [6, 6.07) is 18.3. The van der Waals surface area contributed by atoms with Crippen molar-refractivity contribution in [1.29, 1.82) is 0 Å². The Morgan fingerprint density at radius 2 is 1.62 bits per heavy atom. The molecule has 0 aliphatic heterocycles. The van der Waals surface area contributed by atoms with Crippen LogP contribution < -0.4 is 20.1 Å². The topological polar surface area (TPSA) is 76.7 Å². The molecule has 2 N–H and O–H groups in total. The van der Waals surface area contributed by atoms with Crippen LogP contribution in [0.5, 0.6) is 11.5 Å². The Bertz CT molecular complexity index is 1010. The Kier molecular flexibility index (Phi) is 6.34. The van der Waals surface area contributed by atoms with Gasteiger partial charge in [-0.15, -0.1) is 0 Å². The summed E-state index contributed by atoms with van der Waals surface area (Å²) in [5, 5.41) is 7.47. The van der Waals surface area contributed by atoms with Crippen molar-refractivity contribution in [2.45, 2.75) is 19.9 Å². The molecular formula is C23H24N2O4. The number of carbonyl (C=O) groups excluding carboxylic acids is 2. The third-order valence-electron chi connectivity index (χ3n) is 4.25. The van der Waals surface area contributed by atoms with E-state index in [1.807, 2.05) is 38.1 Å². The highest BCUT2D eigenvalue weighted by atomic mass is 16.5. The lowest BCUT2D eigenvalue weighted by Gasteiger charge is -2.14. The molecule has 3 aromatic carbocycles. The standard InChI is InChI=1S/C23H24N2O4/c1-15(2)24-22(26)14-29-21-13-17-7-5-4-6-16(17)12-20(21)23(27)25-18-8-10-19(28-3)11-9-18/h4-13,15H,14H2,1-3H3,(H,24,26)(H,25,27). The number of nitrogens with one attached hydrogen (secondary N) is 2. The number of carbonyl (C=O) groups is 2. The third-order valence-corrected chi connectivity index (χ3v) is 4.25. The first-order valence-electron chi connectivity index (χ1n) is 9.36. The van der Waals surface area contributed by atoms with Gasteiger partial charge in [-0.2, -0.15) is 0 Å². The van der Waals surface area contributed by atoms with Gasteiger partial charge in [0.25, 0.3) is 11.8 Å². The molecule has 3 rings (SSSR count). The monoisotopic (exact) mass is 392 g/mol. The Morgan fingerprint density at radius 3 is 2.24 bits per heavy atom. The number of hydrogen-bond acceptors (Lipinski definition) is 4. The number of rotatable bonds is 7. The van der Waals surface area contributed by atoms with Crippen LogP contribution in [0.15, 0.2) is 60.7 Å². The van der Waals surface area contributed by atoms with Crippen LogP contribution in [-0.4, -0.2) is 31.6 Å². The first kappa shape index (κ1) is 20.2. The van der Waals surface area contributed by atoms with Crippen molar-refractivity contribution in [3.05, 3.63) is 66.2 Å². The zero-order chi connectivity index (χ0) is 20.8. The van der Waals surface area contributed by atoms with Crippen molar-refractivity contribution in [2.24, 2.45) is 0 Å². The molecule has 0 unspecified atom stereocenters. The van der Waals surface area contributed by atoms with Crippen molar-refractivity contribution < 1.29 is 19.1 Å². The summed E-state index contributed by atoms with van der Waals surface area (Å²) in [5.41, 5.74) is 0.990. The number of ether oxygens (including phenoxy) is 2. The van der Waals surface area contributed by atoms with Gasteiger partial charge < -0.3 is 20.1 Å². The number of anilines is 1. The molecular weight excluding hydrogens is 368 g/mol. The second-order valence-corrected chi connectivity index (χ2v) is 6.89. The lowest BCUT2D eigenvalue weighted by Crippen LogP contribution is -2.34. The fraction of sp³-hybridized carbons (Fsp3) is 0.217. The highest BCUT2D eigenvalue weighted by Crippen LogP contribution is 2.27. The van der Waals surface area contributed by atoms with Crippen molar-refractivity contribution in [3.8, 4) is 11.5 Å². The molecule has 0 saturated heterocycles. The SMILES string of the molecule is COc1ccc(NC(=O)c2cc3ccccc3cc2OCC(=O)NC(C)C)cc1. The molecule has 6 heteroatoms. The lowest BCUT2D eigenvalue weighted by atomic mass is 10.1. The third kappa shape index (κ3) is 5.25. The predicted octanol–water partition coefficient (Wildman–Crippen LogP) is 4.00. The zero-order valence-corrected chi connectivity index (χ0v) is 16.7. The largest absolute Gasteiger partial charge is 0.497 e. The van der Waals surface area contributed by atoms with Crippen LogP contribution in [0.2, 0.25) is 0 Å². The Labute approximate surface area is 169 Å². The van der Waals surface area contributed by atoms with Crippen LogP contribution >= 0.6 is 0 Å². The quantitative estimate of drug-likeness (QED) is 0.637. The van der Waals surface area contributed by atoms with Gasteiger partial charge >= 0.3 is 0 Å². The molecule has 0 bridgehead atoms. The molecule has 2 amide bonds. The summed E-state index contributed by atoms with van der Waals surface area (Å²) < 4.78 is 10.8. The molecule has 3 aromatic rings. The minimum Gasteiger partial charge on any atom is -0.497 e. The summed E-state index contributed by atoms with van der Waals surface area (Å²) in [7, 11) is 1.59. The lowest BCUT2D eigenvalue weighted by molar-refractivity contribution is -0.123. The predicted molar refractivity (Wildman–Crippen MR) is 114 cm³/mol. The summed E-state index contributed by atoms with van der Waals surface area (Å²) >= 11 is 0. The van der Waals surface area contributed by atoms with Crippen molar-refractivity contribution in [1.82, 2.24) is 5.32 Å². The van der Waals surface area contributed by atoms with Crippen LogP contribution in [-0.2, 0) is 4.79 Å². The fourth-order valence-corrected chi connectivity index (χ4v) is 2.90. The van der Waals surface area contributed by atoms with Gasteiger partial charge in [0.1, 0.15) is 11.5 Å². The maximum Gasteiger partial charge on any atom is 0.259 e. The first-order valence-corrected chi connectivity index (χ1v) is 9.36. The zero-order valence-electron chi connectivity index (χ0n) is 16.7. The normalized spacial score (nSPS) is 10.6. The van der Waals surface area contributed by atoms with Gasteiger partial charge in [-0.3, -0.25) is 9.59 Å². The maximum absolute atomic E-state index is 12.9. The molecule has 29 heavy (non-hydrogen) atoms. The van der Waals surface area contributed by atoms with E-state index in [4.69, 9.17) is 9.47 Å². The maximum atomic E-state index is 12.9. The average molecular weight is 392 g/mol. The van der Waals surface area contributed by atoms with Gasteiger partial charge in [0.05, 0.1) is 12.7 Å². The van der Waals surface area contributed by atoms with Crippen LogP contribution in [0.3, 0.4) is 0 Å². The number of hydrogen-bond donors (Lipinski definition) is 2. The van der Waals surface area contributed by atoms with E-state index >= 15 is 0 Å². The van der Waals surface area contributed by atoms with E-state index in [9.17, 15) is 9.59 Å². The van der Waals surface area contributed by atoms with Crippen molar-refractivity contribution in [2.75, 3.05) is 19.0 Å². The fourth-order valence-electron chi connectivity index (χ4n) is 2.90. The molecule has 0 aliphatic carbocycles. The summed E-state index contributed by atoms with van der Waals surface area (Å²) in [4.78, 5) is 24.9. The van der Waals surface area contributed by atoms with E-state index in [-0.39, 0.29) is 24.5 Å². The van der Waals surface area contributed by atoms with E-state index in [1.165, 1.54) is 0 Å². The van der Waals surface area contributed by atoms with Gasteiger partial charge in [0.2, 0.25) is 0 Å². The molecule has 0 spiro atoms. The molecule has 0 aromatic heterocycles. The highest BCUT2D eigenvalue weighted by molar-refractivity contribution is 6.08. The van der Waals surface area contributed by atoms with Gasteiger partial charge in [0, 0.05) is 11.7 Å². The van der Waals surface area contributed by atoms with Gasteiger partial charge in [0.15, 0.2) is 6.61 Å². The number of methoxy groups -OCH3 is 1. The average Bonchev–Trinajstić information content (AvgIpc) is 2.71. The number of amides is 2. The van der Waals surface area contributed by atoms with Crippen LogP contribution in [0.25, 0.3) is 10.8 Å². The number of benzene rings is 3. The Morgan fingerprint density at radius 1 is 0.966 bits per heavy atom. The van der Waals surface area contributed by atoms with Crippen LogP contribution in [0.1, 0.15) is 24.2 Å². The van der Waals surface area contributed by atoms with Gasteiger partial charge in [-0.05, 0) is 61.0 Å². The van der Waals surface area contributed by atoms with E-state index in [0.29, 0.717) is 22.7 Å². The minimum absolute atomic E-state index is 0.0144. The van der Waals surface area contributed by atoms with E-state index in [1.54, 1.807) is 43.5 Å². The molecule has 6 nitrogen and oxygen atoms in total.